The molecule has 19 heavy (non-hydrogen) atoms. The van der Waals surface area contributed by atoms with Gasteiger partial charge in [-0.2, -0.15) is 0 Å². The van der Waals surface area contributed by atoms with Crippen molar-refractivity contribution >= 4 is 5.97 Å². The third kappa shape index (κ3) is 2.19. The first-order valence-electron chi connectivity index (χ1n) is 6.21. The summed E-state index contributed by atoms with van der Waals surface area (Å²) in [5.41, 5.74) is 2.63. The van der Waals surface area contributed by atoms with E-state index >= 15 is 0 Å². The van der Waals surface area contributed by atoms with Gasteiger partial charge in [0.15, 0.2) is 0 Å². The van der Waals surface area contributed by atoms with E-state index in [9.17, 15) is 4.79 Å². The summed E-state index contributed by atoms with van der Waals surface area (Å²) < 4.78 is 10.6. The van der Waals surface area contributed by atoms with Crippen molar-refractivity contribution in [2.75, 3.05) is 7.11 Å². The number of carbonyl (C=O) groups is 1. The maximum absolute atomic E-state index is 12.1. The summed E-state index contributed by atoms with van der Waals surface area (Å²) in [7, 11) is 1.59. The van der Waals surface area contributed by atoms with Crippen LogP contribution >= 0.6 is 0 Å². The molecule has 0 N–H and O–H groups in total. The second-order valence-corrected chi connectivity index (χ2v) is 4.53. The number of hydrogen-bond donors (Lipinski definition) is 0. The van der Waals surface area contributed by atoms with E-state index in [4.69, 9.17) is 9.47 Å². The van der Waals surface area contributed by atoms with E-state index in [-0.39, 0.29) is 12.1 Å². The van der Waals surface area contributed by atoms with E-state index in [1.807, 2.05) is 42.5 Å². The Morgan fingerprint density at radius 2 is 1.95 bits per heavy atom. The highest BCUT2D eigenvalue weighted by Gasteiger charge is 2.27. The number of methoxy groups -OCH3 is 1. The second-order valence-electron chi connectivity index (χ2n) is 4.53. The van der Waals surface area contributed by atoms with Crippen LogP contribution in [0.2, 0.25) is 0 Å². The van der Waals surface area contributed by atoms with Crippen molar-refractivity contribution in [3.63, 3.8) is 0 Å². The molecule has 0 aliphatic carbocycles. The van der Waals surface area contributed by atoms with E-state index in [1.54, 1.807) is 13.2 Å². The molecule has 1 atom stereocenters. The predicted molar refractivity (Wildman–Crippen MR) is 71.3 cm³/mol. The minimum absolute atomic E-state index is 0.199. The molecule has 1 aliphatic heterocycles. The van der Waals surface area contributed by atoms with Crippen LogP contribution in [-0.2, 0) is 11.2 Å². The summed E-state index contributed by atoms with van der Waals surface area (Å²) in [6.45, 7) is 0. The molecule has 2 aromatic carbocycles. The number of hydrogen-bond acceptors (Lipinski definition) is 3. The van der Waals surface area contributed by atoms with E-state index in [0.717, 1.165) is 11.1 Å². The van der Waals surface area contributed by atoms with Gasteiger partial charge in [0, 0.05) is 6.42 Å². The summed E-state index contributed by atoms with van der Waals surface area (Å²) >= 11 is 0. The van der Waals surface area contributed by atoms with Crippen molar-refractivity contribution in [2.24, 2.45) is 0 Å². The first kappa shape index (κ1) is 11.8. The zero-order valence-corrected chi connectivity index (χ0v) is 10.6. The van der Waals surface area contributed by atoms with Gasteiger partial charge < -0.3 is 9.47 Å². The third-order valence-electron chi connectivity index (χ3n) is 3.36. The van der Waals surface area contributed by atoms with E-state index in [1.165, 1.54) is 0 Å². The van der Waals surface area contributed by atoms with E-state index < -0.39 is 0 Å². The van der Waals surface area contributed by atoms with Crippen LogP contribution < -0.4 is 4.74 Å². The van der Waals surface area contributed by atoms with Gasteiger partial charge in [0.25, 0.3) is 0 Å². The Morgan fingerprint density at radius 3 is 2.68 bits per heavy atom. The molecule has 0 amide bonds. The van der Waals surface area contributed by atoms with Crippen molar-refractivity contribution in [3.8, 4) is 5.75 Å². The van der Waals surface area contributed by atoms with Gasteiger partial charge in [-0.05, 0) is 23.3 Å². The standard InChI is InChI=1S/C16H14O3/c1-18-13-8-7-12-9-15(11-5-3-2-4-6-11)19-16(17)14(12)10-13/h2-8,10,15H,9H2,1H3/t15-/m1/s1. The maximum Gasteiger partial charge on any atom is 0.339 e. The molecule has 96 valence electrons. The monoisotopic (exact) mass is 254 g/mol. The van der Waals surface area contributed by atoms with Crippen LogP contribution in [0.15, 0.2) is 48.5 Å². The molecule has 0 spiro atoms. The van der Waals surface area contributed by atoms with Crippen LogP contribution in [0, 0.1) is 0 Å². The average molecular weight is 254 g/mol. The fraction of sp³-hybridized carbons (Fsp3) is 0.188. The number of cyclic esters (lactones) is 1. The lowest BCUT2D eigenvalue weighted by molar-refractivity contribution is 0.0252. The average Bonchev–Trinajstić information content (AvgIpc) is 2.48. The molecule has 3 nitrogen and oxygen atoms in total. The van der Waals surface area contributed by atoms with Crippen LogP contribution in [0.1, 0.15) is 27.6 Å². The highest BCUT2D eigenvalue weighted by atomic mass is 16.5. The number of ether oxygens (including phenoxy) is 2. The van der Waals surface area contributed by atoms with Gasteiger partial charge in [-0.3, -0.25) is 0 Å². The minimum Gasteiger partial charge on any atom is -0.497 e. The molecule has 0 radical (unpaired) electrons. The van der Waals surface area contributed by atoms with Crippen molar-refractivity contribution < 1.29 is 14.3 Å². The van der Waals surface area contributed by atoms with Crippen LogP contribution in [0.3, 0.4) is 0 Å². The van der Waals surface area contributed by atoms with Crippen LogP contribution in [-0.4, -0.2) is 13.1 Å². The van der Waals surface area contributed by atoms with Crippen molar-refractivity contribution in [1.29, 1.82) is 0 Å². The summed E-state index contributed by atoms with van der Waals surface area (Å²) in [6.07, 6.45) is 0.504. The lowest BCUT2D eigenvalue weighted by Crippen LogP contribution is -2.21. The lowest BCUT2D eigenvalue weighted by atomic mass is 9.94. The largest absolute Gasteiger partial charge is 0.497 e. The number of benzene rings is 2. The summed E-state index contributed by atoms with van der Waals surface area (Å²) in [4.78, 5) is 12.1. The van der Waals surface area contributed by atoms with Gasteiger partial charge >= 0.3 is 5.97 Å². The summed E-state index contributed by atoms with van der Waals surface area (Å²) in [5, 5.41) is 0. The Bertz CT molecular complexity index is 605. The highest BCUT2D eigenvalue weighted by molar-refractivity contribution is 5.92. The number of carbonyl (C=O) groups excluding carboxylic acids is 1. The SMILES string of the molecule is COc1ccc2c(c1)C(=O)O[C@@H](c1ccccc1)C2. The van der Waals surface area contributed by atoms with Gasteiger partial charge in [0.1, 0.15) is 11.9 Å². The summed E-state index contributed by atoms with van der Waals surface area (Å²) in [5.74, 6) is 0.392. The van der Waals surface area contributed by atoms with Crippen molar-refractivity contribution in [2.45, 2.75) is 12.5 Å². The third-order valence-corrected chi connectivity index (χ3v) is 3.36. The minimum atomic E-state index is -0.283. The first-order valence-corrected chi connectivity index (χ1v) is 6.21. The quantitative estimate of drug-likeness (QED) is 0.772. The first-order chi connectivity index (χ1) is 9.28. The highest BCUT2D eigenvalue weighted by Crippen LogP contribution is 2.32. The van der Waals surface area contributed by atoms with Crippen molar-refractivity contribution in [3.05, 3.63) is 65.2 Å². The van der Waals surface area contributed by atoms with Gasteiger partial charge in [0.2, 0.25) is 0 Å². The molecule has 3 rings (SSSR count). The van der Waals surface area contributed by atoms with Gasteiger partial charge in [-0.15, -0.1) is 0 Å². The van der Waals surface area contributed by atoms with E-state index in [0.29, 0.717) is 17.7 Å². The number of esters is 1. The Labute approximate surface area is 111 Å². The van der Waals surface area contributed by atoms with Crippen LogP contribution in [0.25, 0.3) is 0 Å². The molecule has 1 aliphatic rings. The molecule has 0 bridgehead atoms. The molecule has 1 heterocycles. The zero-order chi connectivity index (χ0) is 13.2. The smallest absolute Gasteiger partial charge is 0.339 e. The fourth-order valence-corrected chi connectivity index (χ4v) is 2.34. The molecular formula is C16H14O3. The van der Waals surface area contributed by atoms with Crippen molar-refractivity contribution in [1.82, 2.24) is 0 Å². The molecule has 2 aromatic rings. The van der Waals surface area contributed by atoms with E-state index in [2.05, 4.69) is 0 Å². The van der Waals surface area contributed by atoms with Gasteiger partial charge in [0.05, 0.1) is 12.7 Å². The topological polar surface area (TPSA) is 35.5 Å². The molecule has 0 saturated heterocycles. The molecule has 0 saturated carbocycles. The molecule has 3 heteroatoms. The molecule has 0 fully saturated rings. The Hall–Kier alpha value is -2.29. The predicted octanol–water partition coefficient (Wildman–Crippen LogP) is 3.15. The summed E-state index contributed by atoms with van der Waals surface area (Å²) in [6, 6.07) is 15.4. The lowest BCUT2D eigenvalue weighted by Gasteiger charge is -2.25. The zero-order valence-electron chi connectivity index (χ0n) is 10.6. The van der Waals surface area contributed by atoms with Crippen LogP contribution in [0.4, 0.5) is 0 Å². The van der Waals surface area contributed by atoms with Gasteiger partial charge in [-0.25, -0.2) is 4.79 Å². The Balaban J connectivity index is 1.95. The fourth-order valence-electron chi connectivity index (χ4n) is 2.34. The molecule has 0 aromatic heterocycles. The second kappa shape index (κ2) is 4.76. The molecular weight excluding hydrogens is 240 g/mol. The number of fused-ring (bicyclic) bond motifs is 1. The maximum atomic E-state index is 12.1. The Morgan fingerprint density at radius 1 is 1.16 bits per heavy atom. The Kier molecular flexibility index (Phi) is 2.95. The number of rotatable bonds is 2. The van der Waals surface area contributed by atoms with Crippen LogP contribution in [0.5, 0.6) is 5.75 Å². The normalized spacial score (nSPS) is 17.5. The molecule has 0 unspecified atom stereocenters. The van der Waals surface area contributed by atoms with Gasteiger partial charge in [-0.1, -0.05) is 36.4 Å².